The van der Waals surface area contributed by atoms with E-state index in [2.05, 4.69) is 0 Å². The van der Waals surface area contributed by atoms with Crippen molar-refractivity contribution in [2.75, 3.05) is 11.5 Å². The van der Waals surface area contributed by atoms with Gasteiger partial charge in [0.1, 0.15) is 18.0 Å². The molecule has 8 nitrogen and oxygen atoms in total. The minimum absolute atomic E-state index is 0.122. The first-order valence-corrected chi connectivity index (χ1v) is 8.03. The lowest BCUT2D eigenvalue weighted by Crippen LogP contribution is -2.30. The van der Waals surface area contributed by atoms with Crippen LogP contribution in [-0.4, -0.2) is 47.3 Å². The van der Waals surface area contributed by atoms with Gasteiger partial charge in [-0.2, -0.15) is 0 Å². The first-order valence-electron chi connectivity index (χ1n) is 6.21. The molecule has 0 bridgehead atoms. The highest BCUT2D eigenvalue weighted by molar-refractivity contribution is 7.91. The molecular formula is C12H15NO7S. The third-order valence-corrected chi connectivity index (χ3v) is 4.89. The number of sulfone groups is 1. The first-order chi connectivity index (χ1) is 9.69. The van der Waals surface area contributed by atoms with E-state index in [1.807, 2.05) is 0 Å². The molecule has 0 aromatic heterocycles. The fraction of sp³-hybridized carbons (Fsp3) is 0.500. The van der Waals surface area contributed by atoms with Gasteiger partial charge in [-0.05, 0) is 13.0 Å². The van der Waals surface area contributed by atoms with Crippen LogP contribution in [0.2, 0.25) is 0 Å². The van der Waals surface area contributed by atoms with Gasteiger partial charge in [0, 0.05) is 17.7 Å². The summed E-state index contributed by atoms with van der Waals surface area (Å²) in [6.07, 6.45) is -3.14. The van der Waals surface area contributed by atoms with Crippen molar-refractivity contribution < 1.29 is 28.3 Å². The number of aliphatic hydroxyl groups excluding tert-OH is 2. The van der Waals surface area contributed by atoms with Crippen molar-refractivity contribution in [3.8, 4) is 5.75 Å². The van der Waals surface area contributed by atoms with Crippen molar-refractivity contribution in [3.63, 3.8) is 0 Å². The molecule has 1 aliphatic heterocycles. The molecule has 9 heteroatoms. The Labute approximate surface area is 121 Å². The number of benzene rings is 1. The quantitative estimate of drug-likeness (QED) is 0.599. The van der Waals surface area contributed by atoms with Crippen LogP contribution >= 0.6 is 0 Å². The van der Waals surface area contributed by atoms with Crippen molar-refractivity contribution >= 4 is 15.5 Å². The smallest absolute Gasteiger partial charge is 0.270 e. The summed E-state index contributed by atoms with van der Waals surface area (Å²) in [6.45, 7) is 1.41. The number of ether oxygens (including phenoxy) is 1. The molecule has 2 rings (SSSR count). The molecule has 0 amide bonds. The third kappa shape index (κ3) is 3.49. The van der Waals surface area contributed by atoms with Gasteiger partial charge in [0.2, 0.25) is 0 Å². The number of nitro benzene ring substituents is 1. The zero-order valence-corrected chi connectivity index (χ0v) is 12.0. The lowest BCUT2D eigenvalue weighted by molar-refractivity contribution is -0.385. The monoisotopic (exact) mass is 317 g/mol. The maximum atomic E-state index is 11.4. The first kappa shape index (κ1) is 15.7. The lowest BCUT2D eigenvalue weighted by atomic mass is 10.1. The number of hydrogen-bond donors (Lipinski definition) is 2. The van der Waals surface area contributed by atoms with E-state index in [-0.39, 0.29) is 28.5 Å². The Balaban J connectivity index is 2.30. The van der Waals surface area contributed by atoms with Crippen LogP contribution in [0.15, 0.2) is 18.2 Å². The number of nitrogens with zero attached hydrogens (tertiary/aromatic N) is 1. The second kappa shape index (κ2) is 5.58. The molecule has 3 atom stereocenters. The van der Waals surface area contributed by atoms with Crippen molar-refractivity contribution in [2.24, 2.45) is 0 Å². The predicted octanol–water partition coefficient (Wildman–Crippen LogP) is 0.185. The predicted molar refractivity (Wildman–Crippen MR) is 72.8 cm³/mol. The number of hydrogen-bond acceptors (Lipinski definition) is 7. The molecule has 116 valence electrons. The van der Waals surface area contributed by atoms with Crippen LogP contribution in [0.25, 0.3) is 0 Å². The summed E-state index contributed by atoms with van der Waals surface area (Å²) in [5, 5.41) is 30.1. The second-order valence-corrected chi connectivity index (χ2v) is 7.11. The van der Waals surface area contributed by atoms with Gasteiger partial charge in [-0.1, -0.05) is 0 Å². The second-order valence-electron chi connectivity index (χ2n) is 4.96. The molecular weight excluding hydrogens is 302 g/mol. The fourth-order valence-corrected chi connectivity index (χ4v) is 3.82. The normalized spacial score (nSPS) is 25.5. The van der Waals surface area contributed by atoms with Crippen molar-refractivity contribution in [3.05, 3.63) is 33.9 Å². The molecule has 1 aromatic carbocycles. The highest BCUT2D eigenvalue weighted by atomic mass is 32.2. The van der Waals surface area contributed by atoms with E-state index in [0.717, 1.165) is 6.07 Å². The van der Waals surface area contributed by atoms with E-state index < -0.39 is 33.1 Å². The molecule has 2 N–H and O–H groups in total. The van der Waals surface area contributed by atoms with Gasteiger partial charge in [-0.15, -0.1) is 0 Å². The maximum absolute atomic E-state index is 11.4. The third-order valence-electron chi connectivity index (χ3n) is 3.20. The summed E-state index contributed by atoms with van der Waals surface area (Å²) in [6, 6.07) is 3.64. The van der Waals surface area contributed by atoms with E-state index in [1.165, 1.54) is 19.1 Å². The van der Waals surface area contributed by atoms with Crippen molar-refractivity contribution in [1.29, 1.82) is 0 Å². The topological polar surface area (TPSA) is 127 Å². The molecule has 1 heterocycles. The highest BCUT2D eigenvalue weighted by Crippen LogP contribution is 2.31. The largest absolute Gasteiger partial charge is 0.486 e. The van der Waals surface area contributed by atoms with Crippen LogP contribution < -0.4 is 4.74 Å². The van der Waals surface area contributed by atoms with Crippen molar-refractivity contribution in [2.45, 2.75) is 25.2 Å². The van der Waals surface area contributed by atoms with Gasteiger partial charge in [-0.3, -0.25) is 10.1 Å². The van der Waals surface area contributed by atoms with Crippen LogP contribution in [0.4, 0.5) is 5.69 Å². The van der Waals surface area contributed by atoms with Gasteiger partial charge >= 0.3 is 0 Å². The molecule has 2 unspecified atom stereocenters. The highest BCUT2D eigenvalue weighted by Gasteiger charge is 2.38. The lowest BCUT2D eigenvalue weighted by Gasteiger charge is -2.19. The molecule has 1 saturated heterocycles. The van der Waals surface area contributed by atoms with Gasteiger partial charge in [-0.25, -0.2) is 8.42 Å². The Morgan fingerprint density at radius 3 is 2.57 bits per heavy atom. The molecule has 0 aliphatic carbocycles. The SMILES string of the molecule is C[C@H](O)c1cc([N+](=O)[O-])ccc1OC1CS(=O)(=O)CC1O. The van der Waals surface area contributed by atoms with Gasteiger partial charge in [0.05, 0.1) is 22.5 Å². The number of nitro groups is 1. The van der Waals surface area contributed by atoms with Gasteiger partial charge in [0.25, 0.3) is 5.69 Å². The van der Waals surface area contributed by atoms with Gasteiger partial charge < -0.3 is 14.9 Å². The standard InChI is InChI=1S/C12H15NO7S/c1-7(14)9-4-8(13(16)17)2-3-11(9)20-12-6-21(18,19)5-10(12)15/h2-4,7,10,12,14-15H,5-6H2,1H3/t7-,10?,12?/m0/s1. The minimum Gasteiger partial charge on any atom is -0.486 e. The Kier molecular flexibility index (Phi) is 4.17. The molecule has 0 radical (unpaired) electrons. The molecule has 0 saturated carbocycles. The number of aliphatic hydroxyl groups is 2. The summed E-state index contributed by atoms with van der Waals surface area (Å²) < 4.78 is 28.3. The summed E-state index contributed by atoms with van der Waals surface area (Å²) in [7, 11) is -3.37. The Morgan fingerprint density at radius 2 is 2.10 bits per heavy atom. The summed E-state index contributed by atoms with van der Waals surface area (Å²) in [4.78, 5) is 10.1. The van der Waals surface area contributed by atoms with Crippen LogP contribution in [0.1, 0.15) is 18.6 Å². The number of non-ortho nitro benzene ring substituents is 1. The molecule has 1 fully saturated rings. The van der Waals surface area contributed by atoms with E-state index in [4.69, 9.17) is 4.74 Å². The average molecular weight is 317 g/mol. The zero-order chi connectivity index (χ0) is 15.8. The van der Waals surface area contributed by atoms with Crippen molar-refractivity contribution in [1.82, 2.24) is 0 Å². The number of rotatable bonds is 4. The Hall–Kier alpha value is -1.71. The van der Waals surface area contributed by atoms with E-state index >= 15 is 0 Å². The Bertz CT molecular complexity index is 656. The van der Waals surface area contributed by atoms with E-state index in [1.54, 1.807) is 0 Å². The van der Waals surface area contributed by atoms with Crippen LogP contribution in [0, 0.1) is 10.1 Å². The summed E-state index contributed by atoms with van der Waals surface area (Å²) in [5.74, 6) is -0.587. The molecule has 21 heavy (non-hydrogen) atoms. The van der Waals surface area contributed by atoms with E-state index in [0.29, 0.717) is 0 Å². The Morgan fingerprint density at radius 1 is 1.43 bits per heavy atom. The molecule has 1 aliphatic rings. The van der Waals surface area contributed by atoms with Gasteiger partial charge in [0.15, 0.2) is 9.84 Å². The van der Waals surface area contributed by atoms with Crippen LogP contribution in [0.5, 0.6) is 5.75 Å². The van der Waals surface area contributed by atoms with Crippen LogP contribution in [-0.2, 0) is 9.84 Å². The summed E-state index contributed by atoms with van der Waals surface area (Å²) in [5.41, 5.74) is -0.0430. The summed E-state index contributed by atoms with van der Waals surface area (Å²) >= 11 is 0. The van der Waals surface area contributed by atoms with Crippen LogP contribution in [0.3, 0.4) is 0 Å². The molecule has 0 spiro atoms. The zero-order valence-electron chi connectivity index (χ0n) is 11.2. The fourth-order valence-electron chi connectivity index (χ4n) is 2.16. The average Bonchev–Trinajstić information content (AvgIpc) is 2.62. The minimum atomic E-state index is -3.37. The van der Waals surface area contributed by atoms with E-state index in [9.17, 15) is 28.7 Å². The molecule has 1 aromatic rings. The maximum Gasteiger partial charge on any atom is 0.270 e.